The summed E-state index contributed by atoms with van der Waals surface area (Å²) in [6.45, 7) is 1.93. The number of carbonyl (C=O) groups excluding carboxylic acids is 3. The quantitative estimate of drug-likeness (QED) is 0.798. The third-order valence-corrected chi connectivity index (χ3v) is 4.52. The normalized spacial score (nSPS) is 16.3. The Hall–Kier alpha value is -3.15. The second kappa shape index (κ2) is 8.49. The molecular formula is C21H22N2O4. The summed E-state index contributed by atoms with van der Waals surface area (Å²) in [5.41, 5.74) is 2.53. The lowest BCUT2D eigenvalue weighted by Crippen LogP contribution is -2.28. The van der Waals surface area contributed by atoms with Crippen LogP contribution < -0.4 is 10.2 Å². The lowest BCUT2D eigenvalue weighted by atomic mass is 10.1. The highest BCUT2D eigenvalue weighted by molar-refractivity contribution is 6.00. The summed E-state index contributed by atoms with van der Waals surface area (Å²) in [5.74, 6) is -1.60. The summed E-state index contributed by atoms with van der Waals surface area (Å²) in [4.78, 5) is 38.2. The van der Waals surface area contributed by atoms with Crippen LogP contribution in [0.3, 0.4) is 0 Å². The number of amides is 2. The number of nitrogens with zero attached hydrogens (tertiary/aromatic N) is 1. The van der Waals surface area contributed by atoms with E-state index in [4.69, 9.17) is 4.74 Å². The van der Waals surface area contributed by atoms with Crippen LogP contribution in [-0.4, -0.2) is 30.9 Å². The summed E-state index contributed by atoms with van der Waals surface area (Å²) >= 11 is 0. The lowest BCUT2D eigenvalue weighted by molar-refractivity contribution is -0.151. The van der Waals surface area contributed by atoms with Gasteiger partial charge in [0.2, 0.25) is 5.91 Å². The topological polar surface area (TPSA) is 75.7 Å². The number of benzene rings is 2. The molecule has 0 aromatic heterocycles. The monoisotopic (exact) mass is 366 g/mol. The minimum atomic E-state index is -0.563. The molecule has 0 spiro atoms. The molecule has 6 nitrogen and oxygen atoms in total. The standard InChI is InChI=1S/C21H22N2O4/c1-2-15-8-6-7-11-18(15)23-13-16(12-20(23)25)21(26)27-14-19(24)22-17-9-4-3-5-10-17/h3-11,16H,2,12-14H2,1H3,(H,22,24)/t16-/m0/s1. The predicted molar refractivity (Wildman–Crippen MR) is 102 cm³/mol. The van der Waals surface area contributed by atoms with Crippen molar-refractivity contribution >= 4 is 29.2 Å². The first-order chi connectivity index (χ1) is 13.1. The van der Waals surface area contributed by atoms with Gasteiger partial charge in [-0.05, 0) is 30.2 Å². The summed E-state index contributed by atoms with van der Waals surface area (Å²) < 4.78 is 5.12. The fourth-order valence-corrected chi connectivity index (χ4v) is 3.14. The largest absolute Gasteiger partial charge is 0.455 e. The number of aryl methyl sites for hydroxylation is 1. The van der Waals surface area contributed by atoms with Gasteiger partial charge in [0.15, 0.2) is 6.61 Å². The van der Waals surface area contributed by atoms with Crippen LogP contribution in [0.25, 0.3) is 0 Å². The second-order valence-electron chi connectivity index (χ2n) is 6.41. The molecule has 2 aromatic rings. The van der Waals surface area contributed by atoms with Crippen molar-refractivity contribution in [1.82, 2.24) is 0 Å². The van der Waals surface area contributed by atoms with E-state index in [1.807, 2.05) is 37.3 Å². The molecule has 0 saturated carbocycles. The van der Waals surface area contributed by atoms with Gasteiger partial charge in [0.05, 0.1) is 5.92 Å². The van der Waals surface area contributed by atoms with Crippen LogP contribution >= 0.6 is 0 Å². The summed E-state index contributed by atoms with van der Waals surface area (Å²) in [7, 11) is 0. The van der Waals surface area contributed by atoms with Crippen LogP contribution in [0, 0.1) is 5.92 Å². The lowest BCUT2D eigenvalue weighted by Gasteiger charge is -2.19. The van der Waals surface area contributed by atoms with Crippen molar-refractivity contribution in [2.45, 2.75) is 19.8 Å². The van der Waals surface area contributed by atoms with E-state index in [1.165, 1.54) is 0 Å². The minimum absolute atomic E-state index is 0.0944. The number of nitrogens with one attached hydrogen (secondary N) is 1. The molecule has 1 aliphatic rings. The second-order valence-corrected chi connectivity index (χ2v) is 6.41. The fraction of sp³-hybridized carbons (Fsp3) is 0.286. The first kappa shape index (κ1) is 18.6. The number of rotatable bonds is 6. The molecule has 1 atom stereocenters. The maximum absolute atomic E-state index is 12.4. The molecule has 0 radical (unpaired) electrons. The van der Waals surface area contributed by atoms with Gasteiger partial charge in [0.1, 0.15) is 0 Å². The zero-order chi connectivity index (χ0) is 19.2. The molecule has 1 fully saturated rings. The van der Waals surface area contributed by atoms with Crippen LogP contribution in [0.15, 0.2) is 54.6 Å². The van der Waals surface area contributed by atoms with Crippen molar-refractivity contribution in [2.75, 3.05) is 23.4 Å². The van der Waals surface area contributed by atoms with Gasteiger partial charge < -0.3 is 15.0 Å². The van der Waals surface area contributed by atoms with Crippen LogP contribution in [-0.2, 0) is 25.5 Å². The maximum atomic E-state index is 12.4. The van der Waals surface area contributed by atoms with Crippen molar-refractivity contribution in [3.05, 3.63) is 60.2 Å². The van der Waals surface area contributed by atoms with Crippen molar-refractivity contribution in [1.29, 1.82) is 0 Å². The van der Waals surface area contributed by atoms with E-state index in [2.05, 4.69) is 5.32 Å². The van der Waals surface area contributed by atoms with Gasteiger partial charge in [0.25, 0.3) is 5.91 Å². The number of hydrogen-bond donors (Lipinski definition) is 1. The third kappa shape index (κ3) is 4.53. The van der Waals surface area contributed by atoms with Gasteiger partial charge in [-0.2, -0.15) is 0 Å². The van der Waals surface area contributed by atoms with Gasteiger partial charge in [-0.1, -0.05) is 43.3 Å². The molecule has 2 aromatic carbocycles. The van der Waals surface area contributed by atoms with Crippen molar-refractivity contribution < 1.29 is 19.1 Å². The zero-order valence-corrected chi connectivity index (χ0v) is 15.2. The highest BCUT2D eigenvalue weighted by Crippen LogP contribution is 2.29. The van der Waals surface area contributed by atoms with Crippen LogP contribution in [0.2, 0.25) is 0 Å². The Morgan fingerprint density at radius 1 is 1.11 bits per heavy atom. The van der Waals surface area contributed by atoms with E-state index in [0.717, 1.165) is 17.7 Å². The van der Waals surface area contributed by atoms with E-state index in [1.54, 1.807) is 29.2 Å². The maximum Gasteiger partial charge on any atom is 0.311 e. The Morgan fingerprint density at radius 2 is 1.81 bits per heavy atom. The van der Waals surface area contributed by atoms with Gasteiger partial charge in [0, 0.05) is 24.3 Å². The van der Waals surface area contributed by atoms with Crippen molar-refractivity contribution in [3.8, 4) is 0 Å². The number of anilines is 2. The third-order valence-electron chi connectivity index (χ3n) is 4.52. The average molecular weight is 366 g/mol. The Balaban J connectivity index is 1.55. The van der Waals surface area contributed by atoms with Gasteiger partial charge in [-0.15, -0.1) is 0 Å². The molecular weight excluding hydrogens is 344 g/mol. The first-order valence-corrected chi connectivity index (χ1v) is 8.98. The van der Waals surface area contributed by atoms with Gasteiger partial charge in [-0.25, -0.2) is 0 Å². The van der Waals surface area contributed by atoms with Crippen molar-refractivity contribution in [3.63, 3.8) is 0 Å². The number of esters is 1. The SMILES string of the molecule is CCc1ccccc1N1C[C@@H](C(=O)OCC(=O)Nc2ccccc2)CC1=O. The minimum Gasteiger partial charge on any atom is -0.455 e. The zero-order valence-electron chi connectivity index (χ0n) is 15.2. The number of ether oxygens (including phenoxy) is 1. The first-order valence-electron chi connectivity index (χ1n) is 8.98. The van der Waals surface area contributed by atoms with E-state index >= 15 is 0 Å². The van der Waals surface area contributed by atoms with Gasteiger partial charge in [-0.3, -0.25) is 14.4 Å². The molecule has 1 aliphatic heterocycles. The molecule has 0 bridgehead atoms. The molecule has 1 N–H and O–H groups in total. The molecule has 0 unspecified atom stereocenters. The molecule has 1 heterocycles. The highest BCUT2D eigenvalue weighted by atomic mass is 16.5. The summed E-state index contributed by atoms with van der Waals surface area (Å²) in [6.07, 6.45) is 0.895. The summed E-state index contributed by atoms with van der Waals surface area (Å²) in [6, 6.07) is 16.6. The molecule has 140 valence electrons. The average Bonchev–Trinajstić information content (AvgIpc) is 3.08. The number of hydrogen-bond acceptors (Lipinski definition) is 4. The fourth-order valence-electron chi connectivity index (χ4n) is 3.14. The Labute approximate surface area is 158 Å². The highest BCUT2D eigenvalue weighted by Gasteiger charge is 2.36. The van der Waals surface area contributed by atoms with Crippen LogP contribution in [0.1, 0.15) is 18.9 Å². The molecule has 6 heteroatoms. The van der Waals surface area contributed by atoms with E-state index in [-0.39, 0.29) is 25.5 Å². The van der Waals surface area contributed by atoms with E-state index in [0.29, 0.717) is 5.69 Å². The van der Waals surface area contributed by atoms with Crippen molar-refractivity contribution in [2.24, 2.45) is 5.92 Å². The van der Waals surface area contributed by atoms with Gasteiger partial charge >= 0.3 is 5.97 Å². The molecule has 27 heavy (non-hydrogen) atoms. The van der Waals surface area contributed by atoms with Crippen LogP contribution in [0.5, 0.6) is 0 Å². The molecule has 0 aliphatic carbocycles. The molecule has 2 amide bonds. The number of carbonyl (C=O) groups is 3. The smallest absolute Gasteiger partial charge is 0.311 e. The predicted octanol–water partition coefficient (Wildman–Crippen LogP) is 2.78. The molecule has 3 rings (SSSR count). The Bertz CT molecular complexity index is 835. The Kier molecular flexibility index (Phi) is 5.86. The Morgan fingerprint density at radius 3 is 2.56 bits per heavy atom. The number of para-hydroxylation sites is 2. The van der Waals surface area contributed by atoms with E-state index in [9.17, 15) is 14.4 Å². The van der Waals surface area contributed by atoms with Crippen LogP contribution in [0.4, 0.5) is 11.4 Å². The summed E-state index contributed by atoms with van der Waals surface area (Å²) in [5, 5.41) is 2.65. The molecule has 1 saturated heterocycles. The van der Waals surface area contributed by atoms with E-state index < -0.39 is 17.8 Å².